The molecule has 0 radical (unpaired) electrons. The van der Waals surface area contributed by atoms with Crippen molar-refractivity contribution in [3.63, 3.8) is 0 Å². The van der Waals surface area contributed by atoms with Gasteiger partial charge in [0, 0.05) is 73.8 Å². The van der Waals surface area contributed by atoms with Gasteiger partial charge in [0.25, 0.3) is 0 Å². The van der Waals surface area contributed by atoms with E-state index < -0.39 is 114 Å². The van der Waals surface area contributed by atoms with Crippen molar-refractivity contribution in [2.24, 2.45) is 11.8 Å². The predicted molar refractivity (Wildman–Crippen MR) is 277 cm³/mol. The number of amides is 9. The molecule has 0 bridgehead atoms. The van der Waals surface area contributed by atoms with Gasteiger partial charge in [-0.2, -0.15) is 0 Å². The highest BCUT2D eigenvalue weighted by molar-refractivity contribution is 5.97. The number of aliphatic hydroxyl groups is 1. The Bertz CT molecular complexity index is 1960. The second-order valence-electron chi connectivity index (χ2n) is 22.5. The van der Waals surface area contributed by atoms with Gasteiger partial charge < -0.3 is 55.2 Å². The number of nitrogens with one attached hydrogen (secondary N) is 3. The zero-order valence-electron chi connectivity index (χ0n) is 46.6. The Labute approximate surface area is 435 Å². The Balaban J connectivity index is 2.23. The zero-order valence-corrected chi connectivity index (χ0v) is 46.6. The molecule has 2 aliphatic heterocycles. The molecule has 3 rings (SSSR count). The van der Waals surface area contributed by atoms with Gasteiger partial charge in [0.15, 0.2) is 0 Å². The maximum Gasteiger partial charge on any atom is 0.247 e. The molecule has 0 aromatic carbocycles. The van der Waals surface area contributed by atoms with Crippen LogP contribution in [0, 0.1) is 11.8 Å². The van der Waals surface area contributed by atoms with Crippen LogP contribution in [0.4, 0.5) is 0 Å². The molecule has 0 spiro atoms. The third-order valence-electron chi connectivity index (χ3n) is 14.2. The molecule has 0 aromatic heterocycles. The lowest BCUT2D eigenvalue weighted by atomic mass is 9.92. The Hall–Kier alpha value is -5.11. The smallest absolute Gasteiger partial charge is 0.247 e. The number of aliphatic hydroxyl groups excluding tert-OH is 1. The topological polar surface area (TPSA) is 239 Å². The van der Waals surface area contributed by atoms with E-state index in [9.17, 15) is 38.7 Å². The molecule has 2 fully saturated rings. The van der Waals surface area contributed by atoms with Gasteiger partial charge in [0.2, 0.25) is 53.2 Å². The lowest BCUT2D eigenvalue weighted by Gasteiger charge is -2.39. The van der Waals surface area contributed by atoms with Crippen LogP contribution in [0.2, 0.25) is 0 Å². The van der Waals surface area contributed by atoms with Crippen LogP contribution in [-0.2, 0) is 47.9 Å². The van der Waals surface area contributed by atoms with Crippen molar-refractivity contribution < 1.29 is 53.0 Å². The molecule has 3 aliphatic rings. The first kappa shape index (κ1) is 62.2. The summed E-state index contributed by atoms with van der Waals surface area (Å²) in [5.41, 5.74) is 0.237. The lowest BCUT2D eigenvalue weighted by molar-refractivity contribution is -0.154. The van der Waals surface area contributed by atoms with Crippen LogP contribution in [-0.4, -0.2) is 203 Å². The number of piperidine rings is 1. The summed E-state index contributed by atoms with van der Waals surface area (Å²) in [4.78, 5) is 137. The van der Waals surface area contributed by atoms with E-state index in [1.54, 1.807) is 32.6 Å². The summed E-state index contributed by atoms with van der Waals surface area (Å²) in [7, 11) is 7.40. The molecule has 20 heteroatoms. The summed E-state index contributed by atoms with van der Waals surface area (Å²) >= 11 is 0. The van der Waals surface area contributed by atoms with Gasteiger partial charge in [-0.3, -0.25) is 43.2 Å². The largest absolute Gasteiger partial charge is 0.391 e. The molecule has 20 nitrogen and oxygen atoms in total. The normalized spacial score (nSPS) is 27.0. The summed E-state index contributed by atoms with van der Waals surface area (Å²) < 4.78 is 6.08. The first-order valence-electron chi connectivity index (χ1n) is 26.5. The number of ether oxygens (including phenoxy) is 1. The van der Waals surface area contributed by atoms with Gasteiger partial charge >= 0.3 is 0 Å². The Morgan fingerprint density at radius 3 is 1.81 bits per heavy atom. The van der Waals surface area contributed by atoms with Gasteiger partial charge in [-0.25, -0.2) is 0 Å². The second kappa shape index (κ2) is 28.5. The fraction of sp³-hybridized carbons (Fsp3) is 0.792. The van der Waals surface area contributed by atoms with Crippen LogP contribution in [0.5, 0.6) is 0 Å². The van der Waals surface area contributed by atoms with Gasteiger partial charge in [0.1, 0.15) is 36.3 Å². The van der Waals surface area contributed by atoms with Gasteiger partial charge in [-0.1, -0.05) is 39.3 Å². The number of likely N-dealkylation sites (N-methyl/N-ethyl adjacent to an activating group) is 4. The number of hydrogen-bond acceptors (Lipinski definition) is 11. The third kappa shape index (κ3) is 19.0. The van der Waals surface area contributed by atoms with Gasteiger partial charge in [0.05, 0.1) is 24.7 Å². The Morgan fingerprint density at radius 2 is 1.25 bits per heavy atom. The first-order chi connectivity index (χ1) is 34.0. The number of rotatable bonds is 10. The summed E-state index contributed by atoms with van der Waals surface area (Å²) in [6.07, 6.45) is 6.04. The fourth-order valence-corrected chi connectivity index (χ4v) is 9.43. The average molecular weight is 1030 g/mol. The third-order valence-corrected chi connectivity index (χ3v) is 14.2. The van der Waals surface area contributed by atoms with Crippen molar-refractivity contribution in [3.8, 4) is 0 Å². The highest BCUT2D eigenvalue weighted by atomic mass is 16.5. The fourth-order valence-electron chi connectivity index (χ4n) is 9.43. The first-order valence-corrected chi connectivity index (χ1v) is 26.5. The minimum absolute atomic E-state index is 0.108. The minimum Gasteiger partial charge on any atom is -0.391 e. The summed E-state index contributed by atoms with van der Waals surface area (Å²) in [6, 6.07) is -8.19. The molecule has 2 heterocycles. The summed E-state index contributed by atoms with van der Waals surface area (Å²) in [6.45, 7) is 16.4. The standard InChI is InChI=1S/C53H91N9O11/c1-33(2)27-40-47(67)55-38(49(69)62-24-19-16-20-25-62)31-45(66)57(10)26-23-43(64)56-46(36(6)63)52(72)58(11)35(5)29-44(65)54-39(32-73-53(7,8)9)48(68)60(13)42(30-37-21-17-15-18-22-37)51(71)61(14)41(28-34(3)4)50(70)59(40)12/h21,33-36,38-42,46,63H,15-20,22-32H2,1-14H3,(H,54,65)(H,55,67)(H,56,64)/t35?,36-,38+,39+,40+,41+,42+,46+/m1/s1. The summed E-state index contributed by atoms with van der Waals surface area (Å²) in [5.74, 6) is -5.52. The van der Waals surface area contributed by atoms with Crippen LogP contribution in [0.1, 0.15) is 146 Å². The average Bonchev–Trinajstić information content (AvgIpc) is 3.33. The Kier molecular flexibility index (Phi) is 24.3. The molecule has 4 N–H and O–H groups in total. The van der Waals surface area contributed by atoms with Crippen molar-refractivity contribution in [2.75, 3.05) is 61.5 Å². The maximum absolute atomic E-state index is 15.2. The van der Waals surface area contributed by atoms with E-state index in [0.29, 0.717) is 19.5 Å². The molecule has 1 unspecified atom stereocenters. The van der Waals surface area contributed by atoms with Crippen LogP contribution >= 0.6 is 0 Å². The molecule has 73 heavy (non-hydrogen) atoms. The second-order valence-corrected chi connectivity index (χ2v) is 22.5. The molecule has 9 amide bonds. The number of nitrogens with zero attached hydrogens (tertiary/aromatic N) is 6. The van der Waals surface area contributed by atoms with E-state index in [1.165, 1.54) is 66.7 Å². The number of hydrogen-bond donors (Lipinski definition) is 4. The molecule has 1 aliphatic carbocycles. The highest BCUT2D eigenvalue weighted by Crippen LogP contribution is 2.27. The van der Waals surface area contributed by atoms with E-state index in [-0.39, 0.29) is 57.1 Å². The van der Waals surface area contributed by atoms with Crippen molar-refractivity contribution in [3.05, 3.63) is 11.6 Å². The quantitative estimate of drug-likeness (QED) is 0.232. The molecule has 414 valence electrons. The van der Waals surface area contributed by atoms with Crippen LogP contribution in [0.25, 0.3) is 0 Å². The van der Waals surface area contributed by atoms with E-state index in [0.717, 1.165) is 44.1 Å². The van der Waals surface area contributed by atoms with Crippen molar-refractivity contribution in [1.82, 2.24) is 45.3 Å². The number of allylic oxidation sites excluding steroid dienone is 1. The van der Waals surface area contributed by atoms with E-state index in [1.807, 2.05) is 27.7 Å². The van der Waals surface area contributed by atoms with Crippen LogP contribution < -0.4 is 16.0 Å². The number of carbonyl (C=O) groups excluding carboxylic acids is 9. The van der Waals surface area contributed by atoms with E-state index >= 15 is 9.59 Å². The molecular formula is C53H91N9O11. The van der Waals surface area contributed by atoms with Gasteiger partial charge in [-0.05, 0) is 111 Å². The van der Waals surface area contributed by atoms with Crippen molar-refractivity contribution in [1.29, 1.82) is 0 Å². The van der Waals surface area contributed by atoms with Crippen molar-refractivity contribution in [2.45, 2.75) is 200 Å². The summed E-state index contributed by atoms with van der Waals surface area (Å²) in [5, 5.41) is 18.9. The van der Waals surface area contributed by atoms with Gasteiger partial charge in [-0.15, -0.1) is 0 Å². The molecule has 8 atom stereocenters. The Morgan fingerprint density at radius 1 is 0.671 bits per heavy atom. The van der Waals surface area contributed by atoms with E-state index in [2.05, 4.69) is 22.0 Å². The highest BCUT2D eigenvalue weighted by Gasteiger charge is 2.42. The lowest BCUT2D eigenvalue weighted by Crippen LogP contribution is -2.61. The predicted octanol–water partition coefficient (Wildman–Crippen LogP) is 2.60. The SMILES string of the molecule is CC(C)C[C@H]1C(=O)N[C@H](C(=O)N2CCCCC2)CC(=O)N(C)CCC(=O)N[C@@H]([C@@H](C)O)C(=O)N(C)C(C)CC(=O)N[C@@H](COC(C)(C)C)C(=O)N(C)[C@@H](CC2=CCCCC2)C(=O)N(C)[C@@H](CC(C)C)C(=O)N1C. The number of likely N-dealkylation sites (tertiary alicyclic amines) is 1. The number of carbonyl (C=O) groups is 9. The molecule has 0 aromatic rings. The van der Waals surface area contributed by atoms with Crippen LogP contribution in [0.15, 0.2) is 11.6 Å². The van der Waals surface area contributed by atoms with Crippen molar-refractivity contribution >= 4 is 53.2 Å². The minimum atomic E-state index is -1.42. The molecular weight excluding hydrogens is 939 g/mol. The zero-order chi connectivity index (χ0) is 55.1. The monoisotopic (exact) mass is 1030 g/mol. The van der Waals surface area contributed by atoms with E-state index in [4.69, 9.17) is 4.74 Å². The maximum atomic E-state index is 15.2. The molecule has 2 saturated heterocycles. The molecule has 0 saturated carbocycles. The van der Waals surface area contributed by atoms with Crippen LogP contribution in [0.3, 0.4) is 0 Å².